The first-order valence-electron chi connectivity index (χ1n) is 20.8. The van der Waals surface area contributed by atoms with Crippen molar-refractivity contribution in [2.75, 3.05) is 4.90 Å². The number of aromatic nitrogens is 1. The van der Waals surface area contributed by atoms with E-state index in [1.54, 1.807) is 0 Å². The summed E-state index contributed by atoms with van der Waals surface area (Å²) >= 11 is 1.86. The number of nitrogens with zero attached hydrogens (tertiary/aromatic N) is 2. The van der Waals surface area contributed by atoms with E-state index < -0.39 is 0 Å². The molecule has 286 valence electrons. The van der Waals surface area contributed by atoms with Crippen molar-refractivity contribution < 1.29 is 0 Å². The van der Waals surface area contributed by atoms with Crippen LogP contribution in [-0.4, -0.2) is 4.57 Å². The summed E-state index contributed by atoms with van der Waals surface area (Å²) in [6.45, 7) is 0. The highest BCUT2D eigenvalue weighted by Gasteiger charge is 2.22. The van der Waals surface area contributed by atoms with Crippen LogP contribution in [0.1, 0.15) is 0 Å². The van der Waals surface area contributed by atoms with Crippen LogP contribution in [0.5, 0.6) is 0 Å². The molecule has 0 amide bonds. The summed E-state index contributed by atoms with van der Waals surface area (Å²) in [7, 11) is 0. The lowest BCUT2D eigenvalue weighted by molar-refractivity contribution is 1.18. The third-order valence-corrected chi connectivity index (χ3v) is 13.3. The minimum atomic E-state index is 1.09. The molecule has 0 aliphatic carbocycles. The molecule has 0 spiro atoms. The van der Waals surface area contributed by atoms with Gasteiger partial charge in [-0.2, -0.15) is 0 Å². The SMILES string of the molecule is c1ccc(-c2cccc3cccc(-c4ccccc4N(c4ccc(-c5cccc6sc7ccccc7c56)cc4)c4ccc5c(c4)c4ccccc4n5-c4ccccc4)c23)cc1. The molecule has 12 aromatic rings. The predicted octanol–water partition coefficient (Wildman–Crippen LogP) is 16.8. The first kappa shape index (κ1) is 35.2. The zero-order chi connectivity index (χ0) is 40.3. The average molecular weight is 795 g/mol. The van der Waals surface area contributed by atoms with Crippen molar-refractivity contribution in [3.8, 4) is 39.1 Å². The van der Waals surface area contributed by atoms with Gasteiger partial charge in [0.15, 0.2) is 0 Å². The Morgan fingerprint density at radius 1 is 0.344 bits per heavy atom. The van der Waals surface area contributed by atoms with Gasteiger partial charge in [-0.1, -0.05) is 164 Å². The number of thiophene rings is 1. The highest BCUT2D eigenvalue weighted by atomic mass is 32.1. The van der Waals surface area contributed by atoms with E-state index in [9.17, 15) is 0 Å². The van der Waals surface area contributed by atoms with Crippen LogP contribution in [0.15, 0.2) is 231 Å². The number of rotatable bonds is 7. The van der Waals surface area contributed by atoms with Crippen molar-refractivity contribution >= 4 is 81.1 Å². The third-order valence-electron chi connectivity index (χ3n) is 12.2. The fraction of sp³-hybridized carbons (Fsp3) is 0. The van der Waals surface area contributed by atoms with Crippen LogP contribution in [-0.2, 0) is 0 Å². The molecule has 61 heavy (non-hydrogen) atoms. The molecule has 0 atom stereocenters. The smallest absolute Gasteiger partial charge is 0.0542 e. The molecule has 2 aromatic heterocycles. The summed E-state index contributed by atoms with van der Waals surface area (Å²) < 4.78 is 5.01. The maximum Gasteiger partial charge on any atom is 0.0542 e. The second kappa shape index (κ2) is 14.5. The van der Waals surface area contributed by atoms with E-state index >= 15 is 0 Å². The summed E-state index contributed by atoms with van der Waals surface area (Å²) in [4.78, 5) is 2.46. The van der Waals surface area contributed by atoms with Crippen LogP contribution in [0, 0.1) is 0 Å². The van der Waals surface area contributed by atoms with Crippen molar-refractivity contribution in [1.82, 2.24) is 4.57 Å². The largest absolute Gasteiger partial charge is 0.310 e. The molecule has 10 aromatic carbocycles. The Morgan fingerprint density at radius 3 is 1.74 bits per heavy atom. The maximum absolute atomic E-state index is 2.46. The van der Waals surface area contributed by atoms with E-state index in [0.29, 0.717) is 0 Å². The van der Waals surface area contributed by atoms with Crippen LogP contribution in [0.4, 0.5) is 17.1 Å². The van der Waals surface area contributed by atoms with E-state index in [4.69, 9.17) is 0 Å². The molecule has 2 heterocycles. The van der Waals surface area contributed by atoms with Gasteiger partial charge in [-0.15, -0.1) is 11.3 Å². The van der Waals surface area contributed by atoms with Gasteiger partial charge in [-0.3, -0.25) is 0 Å². The lowest BCUT2D eigenvalue weighted by Crippen LogP contribution is -2.11. The van der Waals surface area contributed by atoms with Gasteiger partial charge in [0.25, 0.3) is 0 Å². The number of anilines is 3. The second-order valence-electron chi connectivity index (χ2n) is 15.6. The van der Waals surface area contributed by atoms with E-state index in [1.165, 1.54) is 86.1 Å². The standard InChI is InChI=1S/C58H38N2S/c1-3-16-39(17-4-1)45-25-13-18-41-19-14-27-49(57(41)45)47-22-7-10-28-52(47)59(43-34-32-40(33-35-43)46-26-15-31-56-58(46)50-24-9-12-30-55(50)61-56)44-36-37-54-51(38-44)48-23-8-11-29-53(48)60(54)42-20-5-2-6-21-42/h1-38H. The summed E-state index contributed by atoms with van der Waals surface area (Å²) in [6, 6.07) is 84.2. The fourth-order valence-electron chi connectivity index (χ4n) is 9.51. The van der Waals surface area contributed by atoms with Gasteiger partial charge in [-0.05, 0) is 105 Å². The van der Waals surface area contributed by atoms with Crippen LogP contribution in [0.3, 0.4) is 0 Å². The number of hydrogen-bond acceptors (Lipinski definition) is 2. The Morgan fingerprint density at radius 2 is 0.918 bits per heavy atom. The summed E-state index contributed by atoms with van der Waals surface area (Å²) in [5, 5.41) is 7.54. The van der Waals surface area contributed by atoms with Crippen molar-refractivity contribution in [2.24, 2.45) is 0 Å². The van der Waals surface area contributed by atoms with Crippen LogP contribution < -0.4 is 4.90 Å². The van der Waals surface area contributed by atoms with Gasteiger partial charge in [0.1, 0.15) is 0 Å². The molecule has 0 aliphatic rings. The lowest BCUT2D eigenvalue weighted by atomic mass is 9.90. The molecule has 0 unspecified atom stereocenters. The van der Waals surface area contributed by atoms with Gasteiger partial charge < -0.3 is 9.47 Å². The van der Waals surface area contributed by atoms with Gasteiger partial charge in [0.2, 0.25) is 0 Å². The Bertz CT molecular complexity index is 3580. The molecule has 0 fully saturated rings. The normalized spacial score (nSPS) is 11.6. The molecular formula is C58H38N2S. The first-order chi connectivity index (χ1) is 30.3. The second-order valence-corrected chi connectivity index (χ2v) is 16.7. The number of fused-ring (bicyclic) bond motifs is 7. The summed E-state index contributed by atoms with van der Waals surface area (Å²) in [5.74, 6) is 0. The van der Waals surface area contributed by atoms with Crippen molar-refractivity contribution in [1.29, 1.82) is 0 Å². The Labute approximate surface area is 358 Å². The maximum atomic E-state index is 2.46. The minimum absolute atomic E-state index is 1.09. The van der Waals surface area contributed by atoms with Crippen LogP contribution in [0.2, 0.25) is 0 Å². The molecule has 0 N–H and O–H groups in total. The molecule has 2 nitrogen and oxygen atoms in total. The Hall–Kier alpha value is -7.72. The van der Waals surface area contributed by atoms with E-state index in [-0.39, 0.29) is 0 Å². The van der Waals surface area contributed by atoms with Gasteiger partial charge in [-0.25, -0.2) is 0 Å². The molecule has 0 bridgehead atoms. The Balaban J connectivity index is 1.09. The summed E-state index contributed by atoms with van der Waals surface area (Å²) in [5.41, 5.74) is 14.1. The monoisotopic (exact) mass is 794 g/mol. The highest BCUT2D eigenvalue weighted by molar-refractivity contribution is 7.25. The quantitative estimate of drug-likeness (QED) is 0.156. The topological polar surface area (TPSA) is 8.17 Å². The molecule has 0 radical (unpaired) electrons. The molecule has 0 aliphatic heterocycles. The molecule has 0 saturated carbocycles. The summed E-state index contributed by atoms with van der Waals surface area (Å²) in [6.07, 6.45) is 0. The van der Waals surface area contributed by atoms with Gasteiger partial charge >= 0.3 is 0 Å². The zero-order valence-corrected chi connectivity index (χ0v) is 34.1. The zero-order valence-electron chi connectivity index (χ0n) is 33.2. The van der Waals surface area contributed by atoms with Crippen molar-refractivity contribution in [3.63, 3.8) is 0 Å². The lowest BCUT2D eigenvalue weighted by Gasteiger charge is -2.29. The predicted molar refractivity (Wildman–Crippen MR) is 262 cm³/mol. The molecular weight excluding hydrogens is 757 g/mol. The number of hydrogen-bond donors (Lipinski definition) is 0. The molecule has 12 rings (SSSR count). The van der Waals surface area contributed by atoms with Crippen molar-refractivity contribution in [2.45, 2.75) is 0 Å². The van der Waals surface area contributed by atoms with E-state index in [0.717, 1.165) is 22.7 Å². The first-order valence-corrected chi connectivity index (χ1v) is 21.7. The van der Waals surface area contributed by atoms with Crippen LogP contribution in [0.25, 0.3) is 91.8 Å². The van der Waals surface area contributed by atoms with Gasteiger partial charge in [0, 0.05) is 53.6 Å². The Kier molecular flexibility index (Phi) is 8.39. The van der Waals surface area contributed by atoms with Gasteiger partial charge in [0.05, 0.1) is 16.7 Å². The molecule has 0 saturated heterocycles. The highest BCUT2D eigenvalue weighted by Crippen LogP contribution is 2.47. The van der Waals surface area contributed by atoms with Crippen LogP contribution >= 0.6 is 11.3 Å². The fourth-order valence-corrected chi connectivity index (χ4v) is 10.6. The minimum Gasteiger partial charge on any atom is -0.310 e. The average Bonchev–Trinajstić information content (AvgIpc) is 3.88. The van der Waals surface area contributed by atoms with Crippen molar-refractivity contribution in [3.05, 3.63) is 231 Å². The number of benzene rings is 10. The third kappa shape index (κ3) is 5.85. The van der Waals surface area contributed by atoms with E-state index in [2.05, 4.69) is 240 Å². The number of para-hydroxylation sites is 3. The molecule has 3 heteroatoms. The van der Waals surface area contributed by atoms with E-state index in [1.807, 2.05) is 11.3 Å².